The van der Waals surface area contributed by atoms with Gasteiger partial charge in [0.05, 0.1) is 0 Å². The van der Waals surface area contributed by atoms with Crippen LogP contribution in [0.15, 0.2) is 24.3 Å². The van der Waals surface area contributed by atoms with Crippen LogP contribution in [0.3, 0.4) is 0 Å². The number of ether oxygens (including phenoxy) is 1. The highest BCUT2D eigenvalue weighted by Crippen LogP contribution is 2.17. The first-order chi connectivity index (χ1) is 8.25. The molecule has 0 spiro atoms. The Bertz CT molecular complexity index is 350. The van der Waals surface area contributed by atoms with E-state index in [1.165, 1.54) is 12.5 Å². The molecule has 2 atom stereocenters. The van der Waals surface area contributed by atoms with Gasteiger partial charge in [0.25, 0.3) is 0 Å². The van der Waals surface area contributed by atoms with E-state index in [-0.39, 0.29) is 11.9 Å². The Morgan fingerprint density at radius 2 is 2.41 bits per heavy atom. The standard InChI is InChI=1S/C14H20FNO/c1-11(13-3-2-4-14(15)9-13)16-7-5-12-6-8-17-10-12/h2-4,9,11-12,16H,5-8,10H2,1H3. The summed E-state index contributed by atoms with van der Waals surface area (Å²) in [7, 11) is 0. The van der Waals surface area contributed by atoms with Crippen molar-refractivity contribution in [2.75, 3.05) is 19.8 Å². The van der Waals surface area contributed by atoms with Gasteiger partial charge in [-0.15, -0.1) is 0 Å². The average molecular weight is 237 g/mol. The first-order valence-corrected chi connectivity index (χ1v) is 6.32. The summed E-state index contributed by atoms with van der Waals surface area (Å²) in [6.07, 6.45) is 2.32. The van der Waals surface area contributed by atoms with Gasteiger partial charge in [-0.2, -0.15) is 0 Å². The molecule has 3 heteroatoms. The zero-order valence-electron chi connectivity index (χ0n) is 10.3. The van der Waals surface area contributed by atoms with Crippen molar-refractivity contribution >= 4 is 0 Å². The largest absolute Gasteiger partial charge is 0.381 e. The van der Waals surface area contributed by atoms with Crippen LogP contribution in [0.4, 0.5) is 4.39 Å². The second-order valence-electron chi connectivity index (χ2n) is 4.75. The van der Waals surface area contributed by atoms with E-state index in [0.29, 0.717) is 5.92 Å². The number of benzene rings is 1. The molecule has 0 aromatic heterocycles. The molecular formula is C14H20FNO. The Kier molecular flexibility index (Phi) is 4.51. The maximum atomic E-state index is 13.1. The second-order valence-corrected chi connectivity index (χ2v) is 4.75. The summed E-state index contributed by atoms with van der Waals surface area (Å²) < 4.78 is 18.4. The van der Waals surface area contributed by atoms with E-state index < -0.39 is 0 Å². The van der Waals surface area contributed by atoms with Gasteiger partial charge in [0.1, 0.15) is 5.82 Å². The van der Waals surface area contributed by atoms with Gasteiger partial charge < -0.3 is 10.1 Å². The number of hydrogen-bond acceptors (Lipinski definition) is 2. The molecule has 1 N–H and O–H groups in total. The Hall–Kier alpha value is -0.930. The smallest absolute Gasteiger partial charge is 0.123 e. The first kappa shape index (κ1) is 12.5. The molecule has 0 saturated carbocycles. The Labute approximate surface area is 102 Å². The van der Waals surface area contributed by atoms with Crippen molar-refractivity contribution in [3.8, 4) is 0 Å². The quantitative estimate of drug-likeness (QED) is 0.850. The number of rotatable bonds is 5. The molecule has 2 nitrogen and oxygen atoms in total. The lowest BCUT2D eigenvalue weighted by atomic mass is 10.0. The summed E-state index contributed by atoms with van der Waals surface area (Å²) in [5, 5.41) is 3.43. The monoisotopic (exact) mass is 237 g/mol. The highest BCUT2D eigenvalue weighted by atomic mass is 19.1. The van der Waals surface area contributed by atoms with Crippen LogP contribution in [0.5, 0.6) is 0 Å². The maximum absolute atomic E-state index is 13.1. The summed E-state index contributed by atoms with van der Waals surface area (Å²) in [5.41, 5.74) is 1.01. The fourth-order valence-corrected chi connectivity index (χ4v) is 2.21. The van der Waals surface area contributed by atoms with Gasteiger partial charge in [0, 0.05) is 19.3 Å². The van der Waals surface area contributed by atoms with Crippen molar-refractivity contribution in [3.63, 3.8) is 0 Å². The summed E-state index contributed by atoms with van der Waals surface area (Å²) in [6.45, 7) is 4.84. The molecule has 2 rings (SSSR count). The van der Waals surface area contributed by atoms with E-state index in [9.17, 15) is 4.39 Å². The molecule has 0 radical (unpaired) electrons. The fraction of sp³-hybridized carbons (Fsp3) is 0.571. The molecule has 17 heavy (non-hydrogen) atoms. The van der Waals surface area contributed by atoms with Crippen molar-refractivity contribution < 1.29 is 9.13 Å². The van der Waals surface area contributed by atoms with Crippen LogP contribution in [0.25, 0.3) is 0 Å². The molecule has 1 saturated heterocycles. The van der Waals surface area contributed by atoms with Gasteiger partial charge in [0.15, 0.2) is 0 Å². The second kappa shape index (κ2) is 6.12. The number of hydrogen-bond donors (Lipinski definition) is 1. The Morgan fingerprint density at radius 3 is 3.12 bits per heavy atom. The fourth-order valence-electron chi connectivity index (χ4n) is 2.21. The molecule has 0 aliphatic carbocycles. The summed E-state index contributed by atoms with van der Waals surface area (Å²) in [6, 6.07) is 6.99. The van der Waals surface area contributed by atoms with Crippen molar-refractivity contribution in [1.82, 2.24) is 5.32 Å². The third kappa shape index (κ3) is 3.79. The van der Waals surface area contributed by atoms with Crippen LogP contribution in [-0.4, -0.2) is 19.8 Å². The molecule has 94 valence electrons. The van der Waals surface area contributed by atoms with Gasteiger partial charge >= 0.3 is 0 Å². The minimum atomic E-state index is -0.166. The van der Waals surface area contributed by atoms with Crippen molar-refractivity contribution in [2.24, 2.45) is 5.92 Å². The van der Waals surface area contributed by atoms with Crippen LogP contribution in [0, 0.1) is 11.7 Å². The van der Waals surface area contributed by atoms with Gasteiger partial charge in [-0.25, -0.2) is 4.39 Å². The van der Waals surface area contributed by atoms with Gasteiger partial charge in [-0.1, -0.05) is 12.1 Å². The lowest BCUT2D eigenvalue weighted by Crippen LogP contribution is -2.22. The van der Waals surface area contributed by atoms with Crippen LogP contribution in [-0.2, 0) is 4.74 Å². The van der Waals surface area contributed by atoms with E-state index in [1.807, 2.05) is 6.07 Å². The molecule has 0 amide bonds. The molecule has 1 aliphatic rings. The predicted octanol–water partition coefficient (Wildman–Crippen LogP) is 2.90. The third-order valence-electron chi connectivity index (χ3n) is 3.38. The zero-order chi connectivity index (χ0) is 12.1. The van der Waals surface area contributed by atoms with E-state index in [4.69, 9.17) is 4.74 Å². The highest BCUT2D eigenvalue weighted by Gasteiger charge is 2.15. The summed E-state index contributed by atoms with van der Waals surface area (Å²) in [4.78, 5) is 0. The van der Waals surface area contributed by atoms with Crippen LogP contribution in [0.1, 0.15) is 31.4 Å². The molecule has 1 heterocycles. The maximum Gasteiger partial charge on any atom is 0.123 e. The molecular weight excluding hydrogens is 217 g/mol. The van der Waals surface area contributed by atoms with Crippen LogP contribution < -0.4 is 5.32 Å². The average Bonchev–Trinajstić information content (AvgIpc) is 2.82. The summed E-state index contributed by atoms with van der Waals surface area (Å²) >= 11 is 0. The zero-order valence-corrected chi connectivity index (χ0v) is 10.3. The third-order valence-corrected chi connectivity index (χ3v) is 3.38. The molecule has 2 unspecified atom stereocenters. The van der Waals surface area contributed by atoms with Crippen molar-refractivity contribution in [1.29, 1.82) is 0 Å². The normalized spacial score (nSPS) is 21.6. The lowest BCUT2D eigenvalue weighted by molar-refractivity contribution is 0.184. The molecule has 1 aromatic carbocycles. The van der Waals surface area contributed by atoms with Crippen molar-refractivity contribution in [3.05, 3.63) is 35.6 Å². The minimum Gasteiger partial charge on any atom is -0.381 e. The van der Waals surface area contributed by atoms with Crippen LogP contribution in [0.2, 0.25) is 0 Å². The van der Waals surface area contributed by atoms with E-state index >= 15 is 0 Å². The Morgan fingerprint density at radius 1 is 1.53 bits per heavy atom. The predicted molar refractivity (Wildman–Crippen MR) is 66.4 cm³/mol. The van der Waals surface area contributed by atoms with E-state index in [0.717, 1.165) is 31.7 Å². The molecule has 0 bridgehead atoms. The van der Waals surface area contributed by atoms with Gasteiger partial charge in [-0.3, -0.25) is 0 Å². The SMILES string of the molecule is CC(NCCC1CCOC1)c1cccc(F)c1. The minimum absolute atomic E-state index is 0.166. The molecule has 1 aliphatic heterocycles. The number of halogens is 1. The van der Waals surface area contributed by atoms with E-state index in [1.54, 1.807) is 12.1 Å². The molecule has 1 aromatic rings. The van der Waals surface area contributed by atoms with E-state index in [2.05, 4.69) is 12.2 Å². The van der Waals surface area contributed by atoms with Crippen molar-refractivity contribution in [2.45, 2.75) is 25.8 Å². The van der Waals surface area contributed by atoms with Gasteiger partial charge in [0.2, 0.25) is 0 Å². The molecule has 1 fully saturated rings. The van der Waals surface area contributed by atoms with Gasteiger partial charge in [-0.05, 0) is 49.9 Å². The Balaban J connectivity index is 1.74. The first-order valence-electron chi connectivity index (χ1n) is 6.32. The highest BCUT2D eigenvalue weighted by molar-refractivity contribution is 5.19. The summed E-state index contributed by atoms with van der Waals surface area (Å²) in [5.74, 6) is 0.530. The number of nitrogens with one attached hydrogen (secondary N) is 1. The lowest BCUT2D eigenvalue weighted by Gasteiger charge is -2.15. The topological polar surface area (TPSA) is 21.3 Å². The van der Waals surface area contributed by atoms with Crippen LogP contribution >= 0.6 is 0 Å².